The second kappa shape index (κ2) is 22.5. The number of nitrogens with zero attached hydrogens (tertiary/aromatic N) is 4. The SMILES string of the molecule is COc1ccc(CCl)cc1.COc1ccc(CON=C(C#N)C(N)=O)cc1.N#CC(=[N-])C(N)=O.[K+].[OH-]. The van der Waals surface area contributed by atoms with Crippen LogP contribution in [0.25, 0.3) is 5.41 Å². The van der Waals surface area contributed by atoms with Gasteiger partial charge in [0, 0.05) is 5.88 Å². The maximum absolute atomic E-state index is 10.6. The van der Waals surface area contributed by atoms with E-state index in [1.54, 1.807) is 38.5 Å². The Hall–Kier alpha value is -3.01. The average Bonchev–Trinajstić information content (AvgIpc) is 2.87. The first-order valence-electron chi connectivity index (χ1n) is 9.19. The Morgan fingerprint density at radius 2 is 1.36 bits per heavy atom. The summed E-state index contributed by atoms with van der Waals surface area (Å²) in [6.45, 7) is 0.141. The van der Waals surface area contributed by atoms with E-state index >= 15 is 0 Å². The van der Waals surface area contributed by atoms with E-state index < -0.39 is 23.2 Å². The minimum absolute atomic E-state index is 0. The van der Waals surface area contributed by atoms with Crippen molar-refractivity contribution in [3.05, 3.63) is 65.1 Å². The summed E-state index contributed by atoms with van der Waals surface area (Å²) in [7, 11) is 3.22. The number of halogens is 1. The molecule has 2 rings (SSSR count). The molecule has 0 aliphatic heterocycles. The average molecular weight is 542 g/mol. The van der Waals surface area contributed by atoms with Gasteiger partial charge < -0.3 is 36.7 Å². The fraction of sp³-hybridized carbons (Fsp3) is 0.182. The van der Waals surface area contributed by atoms with Gasteiger partial charge in [0.25, 0.3) is 5.91 Å². The maximum Gasteiger partial charge on any atom is 1.00 e. The van der Waals surface area contributed by atoms with E-state index in [2.05, 4.69) is 10.9 Å². The molecule has 0 saturated heterocycles. The van der Waals surface area contributed by atoms with E-state index in [0.717, 1.165) is 28.7 Å². The van der Waals surface area contributed by atoms with Crippen LogP contribution in [0.15, 0.2) is 53.7 Å². The van der Waals surface area contributed by atoms with Crippen molar-refractivity contribution in [1.82, 2.24) is 0 Å². The van der Waals surface area contributed by atoms with Gasteiger partial charge in [-0.3, -0.25) is 9.59 Å². The van der Waals surface area contributed by atoms with Crippen molar-refractivity contribution < 1.29 is 80.8 Å². The third kappa shape index (κ3) is 16.6. The molecule has 0 heterocycles. The van der Waals surface area contributed by atoms with Gasteiger partial charge in [-0.2, -0.15) is 10.5 Å². The molecule has 2 aromatic rings. The van der Waals surface area contributed by atoms with Crippen molar-refractivity contribution in [2.24, 2.45) is 16.6 Å². The molecule has 0 spiro atoms. The monoisotopic (exact) mass is 541 g/mol. The summed E-state index contributed by atoms with van der Waals surface area (Å²) in [5.41, 5.74) is 9.80. The number of ether oxygens (including phenoxy) is 2. The number of alkyl halides is 1. The zero-order chi connectivity index (χ0) is 25.9. The van der Waals surface area contributed by atoms with Gasteiger partial charge in [0.2, 0.25) is 11.6 Å². The van der Waals surface area contributed by atoms with Crippen LogP contribution in [-0.4, -0.2) is 42.9 Å². The van der Waals surface area contributed by atoms with Crippen molar-refractivity contribution in [2.75, 3.05) is 14.2 Å². The van der Waals surface area contributed by atoms with Gasteiger partial charge in [0.1, 0.15) is 24.2 Å². The molecule has 0 saturated carbocycles. The van der Waals surface area contributed by atoms with Gasteiger partial charge in [0.05, 0.1) is 20.3 Å². The van der Waals surface area contributed by atoms with Gasteiger partial charge in [0.15, 0.2) is 0 Å². The number of nitriles is 2. The third-order valence-corrected chi connectivity index (χ3v) is 3.85. The minimum Gasteiger partial charge on any atom is -0.870 e. The Balaban J connectivity index is -0.000000490. The molecule has 14 heteroatoms. The summed E-state index contributed by atoms with van der Waals surface area (Å²) in [6, 6.07) is 17.5. The number of benzene rings is 2. The summed E-state index contributed by atoms with van der Waals surface area (Å²) in [5.74, 6) is 0.148. The number of rotatable bonds is 8. The van der Waals surface area contributed by atoms with Crippen LogP contribution in [0.1, 0.15) is 11.1 Å². The van der Waals surface area contributed by atoms with E-state index in [4.69, 9.17) is 47.6 Å². The van der Waals surface area contributed by atoms with Crippen LogP contribution in [0.3, 0.4) is 0 Å². The van der Waals surface area contributed by atoms with Crippen molar-refractivity contribution >= 4 is 34.8 Å². The van der Waals surface area contributed by atoms with Gasteiger partial charge >= 0.3 is 51.4 Å². The molecule has 5 N–H and O–H groups in total. The quantitative estimate of drug-likeness (QED) is 0.179. The Kier molecular flexibility index (Phi) is 23.4. The molecule has 12 nitrogen and oxygen atoms in total. The van der Waals surface area contributed by atoms with E-state index in [0.29, 0.717) is 5.88 Å². The summed E-state index contributed by atoms with van der Waals surface area (Å²) in [6.07, 6.45) is 0. The topological polar surface area (TPSA) is 226 Å². The normalized spacial score (nSPS) is 8.86. The Bertz CT molecular complexity index is 1040. The molecule has 0 aliphatic rings. The fourth-order valence-corrected chi connectivity index (χ4v) is 1.96. The number of methoxy groups -OCH3 is 2. The Labute approximate surface area is 256 Å². The van der Waals surface area contributed by atoms with Gasteiger partial charge in [-0.25, -0.2) is 0 Å². The molecule has 0 atom stereocenters. The summed E-state index contributed by atoms with van der Waals surface area (Å²) in [4.78, 5) is 25.1. The van der Waals surface area contributed by atoms with Crippen LogP contribution < -0.4 is 72.3 Å². The van der Waals surface area contributed by atoms with Crippen LogP contribution in [-0.2, 0) is 26.9 Å². The number of primary amides is 2. The van der Waals surface area contributed by atoms with Crippen molar-refractivity contribution in [3.8, 4) is 23.6 Å². The molecule has 0 bridgehead atoms. The molecule has 186 valence electrons. The number of carbonyl (C=O) groups excluding carboxylic acids is 2. The largest absolute Gasteiger partial charge is 1.00 e. The van der Waals surface area contributed by atoms with Gasteiger partial charge in [-0.15, -0.1) is 11.6 Å². The van der Waals surface area contributed by atoms with Crippen molar-refractivity contribution in [3.63, 3.8) is 0 Å². The summed E-state index contributed by atoms with van der Waals surface area (Å²) < 4.78 is 9.96. The second-order valence-corrected chi connectivity index (χ2v) is 6.11. The number of hydrogen-bond donors (Lipinski definition) is 2. The number of oxime groups is 1. The molecular formula is C22H23ClKN6O6-. The van der Waals surface area contributed by atoms with Crippen molar-refractivity contribution in [2.45, 2.75) is 12.5 Å². The smallest absolute Gasteiger partial charge is 0.870 e. The number of nitrogens with two attached hydrogens (primary N) is 2. The predicted octanol–water partition coefficient (Wildman–Crippen LogP) is -1.16. The van der Waals surface area contributed by atoms with E-state index in [1.165, 1.54) is 6.07 Å². The Morgan fingerprint density at radius 1 is 0.917 bits per heavy atom. The zero-order valence-corrected chi connectivity index (χ0v) is 23.7. The summed E-state index contributed by atoms with van der Waals surface area (Å²) >= 11 is 5.58. The maximum atomic E-state index is 10.6. The molecule has 0 fully saturated rings. The minimum atomic E-state index is -1.09. The summed E-state index contributed by atoms with van der Waals surface area (Å²) in [5, 5.41) is 27.5. The van der Waals surface area contributed by atoms with Crippen molar-refractivity contribution in [1.29, 1.82) is 10.5 Å². The molecular weight excluding hydrogens is 519 g/mol. The van der Waals surface area contributed by atoms with Crippen LogP contribution in [0.2, 0.25) is 0 Å². The van der Waals surface area contributed by atoms with E-state index in [-0.39, 0.29) is 63.5 Å². The molecule has 0 aliphatic carbocycles. The number of amides is 2. The van der Waals surface area contributed by atoms with Crippen LogP contribution >= 0.6 is 11.6 Å². The number of hydrogen-bond acceptors (Lipinski definition) is 9. The van der Waals surface area contributed by atoms with E-state index in [9.17, 15) is 9.59 Å². The third-order valence-electron chi connectivity index (χ3n) is 3.54. The standard InChI is InChI=1S/C11H11N3O3.C8H9ClO.C3H2N3O.K.H2O/c1-16-9-4-2-8(3-5-9)7-17-14-10(6-12)11(13)15;1-10-8-4-2-7(6-9)3-5-8;4-1-2(5)3(6)7;;/h2-5H,7H2,1H3,(H2,13,15);2-5H,6H2,1H3;(H2,6,7);;1H2/q;;-1;+1;/p-1. The molecule has 0 radical (unpaired) electrons. The molecule has 2 aromatic carbocycles. The first-order chi connectivity index (χ1) is 16.2. The fourth-order valence-electron chi connectivity index (χ4n) is 1.78. The number of carbonyl (C=O) groups is 2. The van der Waals surface area contributed by atoms with E-state index in [1.807, 2.05) is 24.3 Å². The Morgan fingerprint density at radius 3 is 1.64 bits per heavy atom. The van der Waals surface area contributed by atoms with Crippen LogP contribution in [0.5, 0.6) is 11.5 Å². The molecule has 0 unspecified atom stereocenters. The first-order valence-corrected chi connectivity index (χ1v) is 9.73. The molecule has 36 heavy (non-hydrogen) atoms. The predicted molar refractivity (Wildman–Crippen MR) is 128 cm³/mol. The molecule has 0 aromatic heterocycles. The van der Waals surface area contributed by atoms with Gasteiger partial charge in [-0.1, -0.05) is 29.4 Å². The van der Waals surface area contributed by atoms with Crippen LogP contribution in [0, 0.1) is 22.7 Å². The second-order valence-electron chi connectivity index (χ2n) is 5.84. The zero-order valence-electron chi connectivity index (χ0n) is 19.8. The van der Waals surface area contributed by atoms with Gasteiger partial charge in [-0.05, 0) is 41.1 Å². The molecule has 2 amide bonds. The first kappa shape index (κ1) is 37.5. The van der Waals surface area contributed by atoms with Crippen LogP contribution in [0.4, 0.5) is 0 Å².